The summed E-state index contributed by atoms with van der Waals surface area (Å²) in [6.45, 7) is 1.53. The molecule has 1 amide bonds. The van der Waals surface area contributed by atoms with Crippen LogP contribution in [0.4, 0.5) is 0 Å². The van der Waals surface area contributed by atoms with Gasteiger partial charge in [-0.05, 0) is 66.6 Å². The van der Waals surface area contributed by atoms with Crippen molar-refractivity contribution in [3.63, 3.8) is 0 Å². The maximum Gasteiger partial charge on any atom is 0.253 e. The monoisotopic (exact) mass is 436 g/mol. The first-order valence-electron chi connectivity index (χ1n) is 11.8. The molecule has 0 saturated carbocycles. The van der Waals surface area contributed by atoms with E-state index in [1.807, 2.05) is 36.4 Å². The Labute approximate surface area is 194 Å². The molecule has 4 aromatic rings. The number of amides is 1. The van der Waals surface area contributed by atoms with E-state index in [1.54, 1.807) is 7.11 Å². The highest BCUT2D eigenvalue weighted by Crippen LogP contribution is 2.49. The smallest absolute Gasteiger partial charge is 0.253 e. The summed E-state index contributed by atoms with van der Waals surface area (Å²) in [6.07, 6.45) is 2.87. The zero-order chi connectivity index (χ0) is 22.4. The second-order valence-electron chi connectivity index (χ2n) is 9.46. The predicted molar refractivity (Wildman–Crippen MR) is 131 cm³/mol. The minimum atomic E-state index is -0.0180. The molecule has 1 aliphatic heterocycles. The molecule has 4 nitrogen and oxygen atoms in total. The number of ether oxygens (including phenoxy) is 1. The quantitative estimate of drug-likeness (QED) is 0.469. The van der Waals surface area contributed by atoms with E-state index < -0.39 is 0 Å². The highest BCUT2D eigenvalue weighted by atomic mass is 16.5. The molecule has 1 saturated heterocycles. The van der Waals surface area contributed by atoms with Gasteiger partial charge in [0.05, 0.1) is 7.11 Å². The van der Waals surface area contributed by atoms with Gasteiger partial charge in [-0.3, -0.25) is 4.79 Å². The van der Waals surface area contributed by atoms with Crippen molar-refractivity contribution in [2.45, 2.75) is 24.7 Å². The lowest BCUT2D eigenvalue weighted by molar-refractivity contribution is 0.0501. The van der Waals surface area contributed by atoms with Gasteiger partial charge in [-0.2, -0.15) is 0 Å². The van der Waals surface area contributed by atoms with Crippen LogP contribution in [-0.4, -0.2) is 36.0 Å². The first-order valence-corrected chi connectivity index (χ1v) is 11.8. The van der Waals surface area contributed by atoms with Crippen LogP contribution in [0.1, 0.15) is 33.6 Å². The number of piperidine rings is 1. The van der Waals surface area contributed by atoms with Crippen LogP contribution in [0.15, 0.2) is 78.9 Å². The molecule has 1 unspecified atom stereocenters. The lowest BCUT2D eigenvalue weighted by Crippen LogP contribution is -2.55. The second kappa shape index (κ2) is 7.80. The third-order valence-corrected chi connectivity index (χ3v) is 7.85. The molecular weight excluding hydrogens is 408 g/mol. The standard InChI is InChI=1S/C29H28N2O2/c1-33-23-11-7-10-21(16-23)29-14-15-31(28(32)20-8-3-2-4-9-20)19-22(29)17-25-24-12-5-6-13-26(24)30-27(25)18-29/h2-13,16,22,30H,14-15,17-19H2,1H3/t22?,29-/m1/s1. The van der Waals surface area contributed by atoms with Crippen LogP contribution in [0.5, 0.6) is 5.75 Å². The Morgan fingerprint density at radius 3 is 2.70 bits per heavy atom. The van der Waals surface area contributed by atoms with Gasteiger partial charge < -0.3 is 14.6 Å². The van der Waals surface area contributed by atoms with Crippen molar-refractivity contribution in [3.8, 4) is 5.75 Å². The van der Waals surface area contributed by atoms with Crippen LogP contribution in [-0.2, 0) is 18.3 Å². The Bertz CT molecular complexity index is 1330. The Kier molecular flexibility index (Phi) is 4.75. The molecule has 1 aromatic heterocycles. The number of H-pyrrole nitrogens is 1. The molecule has 4 heteroatoms. The maximum absolute atomic E-state index is 13.3. The van der Waals surface area contributed by atoms with Gasteiger partial charge in [-0.25, -0.2) is 0 Å². The summed E-state index contributed by atoms with van der Waals surface area (Å²) in [5, 5.41) is 1.32. The molecule has 6 rings (SSSR count). The minimum Gasteiger partial charge on any atom is -0.497 e. The number of benzene rings is 3. The molecule has 2 atom stereocenters. The third-order valence-electron chi connectivity index (χ3n) is 7.85. The number of hydrogen-bond acceptors (Lipinski definition) is 2. The molecule has 1 fully saturated rings. The largest absolute Gasteiger partial charge is 0.497 e. The molecule has 33 heavy (non-hydrogen) atoms. The third kappa shape index (κ3) is 3.24. The molecule has 0 spiro atoms. The van der Waals surface area contributed by atoms with Crippen molar-refractivity contribution in [2.75, 3.05) is 20.2 Å². The Morgan fingerprint density at radius 2 is 1.85 bits per heavy atom. The fourth-order valence-corrected chi connectivity index (χ4v) is 6.13. The van der Waals surface area contributed by atoms with Crippen LogP contribution in [0, 0.1) is 5.92 Å². The van der Waals surface area contributed by atoms with Crippen LogP contribution in [0.25, 0.3) is 10.9 Å². The molecule has 2 heterocycles. The van der Waals surface area contributed by atoms with E-state index in [0.717, 1.165) is 43.7 Å². The number of aromatic nitrogens is 1. The number of likely N-dealkylation sites (tertiary alicyclic amines) is 1. The zero-order valence-corrected chi connectivity index (χ0v) is 18.9. The van der Waals surface area contributed by atoms with Gasteiger partial charge in [0.2, 0.25) is 0 Å². The van der Waals surface area contributed by atoms with Gasteiger partial charge in [-0.15, -0.1) is 0 Å². The highest BCUT2D eigenvalue weighted by molar-refractivity contribution is 5.94. The Balaban J connectivity index is 1.43. The summed E-state index contributed by atoms with van der Waals surface area (Å²) >= 11 is 0. The lowest BCUT2D eigenvalue weighted by Gasteiger charge is -2.51. The van der Waals surface area contributed by atoms with Crippen molar-refractivity contribution in [1.82, 2.24) is 9.88 Å². The summed E-state index contributed by atoms with van der Waals surface area (Å²) < 4.78 is 5.58. The number of nitrogens with one attached hydrogen (secondary N) is 1. The van der Waals surface area contributed by atoms with Gasteiger partial charge >= 0.3 is 0 Å². The van der Waals surface area contributed by atoms with Crippen LogP contribution < -0.4 is 4.74 Å². The van der Waals surface area contributed by atoms with Gasteiger partial charge in [0, 0.05) is 40.7 Å². The lowest BCUT2D eigenvalue weighted by atomic mass is 9.58. The average Bonchev–Trinajstić information content (AvgIpc) is 3.24. The van der Waals surface area contributed by atoms with Gasteiger partial charge in [0.25, 0.3) is 5.91 Å². The second-order valence-corrected chi connectivity index (χ2v) is 9.46. The van der Waals surface area contributed by atoms with Crippen molar-refractivity contribution < 1.29 is 9.53 Å². The molecule has 0 radical (unpaired) electrons. The van der Waals surface area contributed by atoms with Crippen LogP contribution >= 0.6 is 0 Å². The fourth-order valence-electron chi connectivity index (χ4n) is 6.13. The molecular formula is C29H28N2O2. The molecule has 3 aromatic carbocycles. The Morgan fingerprint density at radius 1 is 1.03 bits per heavy atom. The normalized spacial score (nSPS) is 22.0. The van der Waals surface area contributed by atoms with E-state index in [4.69, 9.17) is 4.74 Å². The number of para-hydroxylation sites is 1. The summed E-state index contributed by atoms with van der Waals surface area (Å²) in [7, 11) is 1.73. The van der Waals surface area contributed by atoms with Crippen LogP contribution in [0.2, 0.25) is 0 Å². The summed E-state index contributed by atoms with van der Waals surface area (Å²) in [5.41, 5.74) is 6.05. The summed E-state index contributed by atoms with van der Waals surface area (Å²) in [5.74, 6) is 1.38. The first-order chi connectivity index (χ1) is 16.2. The van der Waals surface area contributed by atoms with Crippen molar-refractivity contribution in [3.05, 3.63) is 101 Å². The number of aromatic amines is 1. The first kappa shape index (κ1) is 20.1. The van der Waals surface area contributed by atoms with Gasteiger partial charge in [0.15, 0.2) is 0 Å². The molecule has 1 N–H and O–H groups in total. The number of fused-ring (bicyclic) bond motifs is 4. The molecule has 1 aliphatic carbocycles. The van der Waals surface area contributed by atoms with Gasteiger partial charge in [-0.1, -0.05) is 48.5 Å². The van der Waals surface area contributed by atoms with E-state index in [9.17, 15) is 4.79 Å². The number of carbonyl (C=O) groups is 1. The van der Waals surface area contributed by atoms with E-state index in [2.05, 4.69) is 52.3 Å². The maximum atomic E-state index is 13.3. The number of methoxy groups -OCH3 is 1. The molecule has 166 valence electrons. The fraction of sp³-hybridized carbons (Fsp3) is 0.276. The number of nitrogens with zero attached hydrogens (tertiary/aromatic N) is 1. The Hall–Kier alpha value is -3.53. The van der Waals surface area contributed by atoms with Crippen molar-refractivity contribution in [2.24, 2.45) is 5.92 Å². The predicted octanol–water partition coefficient (Wildman–Crippen LogP) is 5.38. The van der Waals surface area contributed by atoms with Gasteiger partial charge in [0.1, 0.15) is 5.75 Å². The van der Waals surface area contributed by atoms with E-state index >= 15 is 0 Å². The number of rotatable bonds is 3. The number of carbonyl (C=O) groups excluding carboxylic acids is 1. The SMILES string of the molecule is COc1cccc([C@]23CCN(C(=O)c4ccccc4)CC2Cc2c([nH]c4ccccc24)C3)c1. The highest BCUT2D eigenvalue weighted by Gasteiger charge is 2.49. The molecule has 2 aliphatic rings. The average molecular weight is 437 g/mol. The summed E-state index contributed by atoms with van der Waals surface area (Å²) in [6, 6.07) is 26.8. The van der Waals surface area contributed by atoms with Crippen molar-refractivity contribution in [1.29, 1.82) is 0 Å². The summed E-state index contributed by atoms with van der Waals surface area (Å²) in [4.78, 5) is 19.1. The topological polar surface area (TPSA) is 45.3 Å². The number of hydrogen-bond donors (Lipinski definition) is 1. The van der Waals surface area contributed by atoms with E-state index in [1.165, 1.54) is 27.7 Å². The van der Waals surface area contributed by atoms with Crippen LogP contribution in [0.3, 0.4) is 0 Å². The molecule has 0 bridgehead atoms. The minimum absolute atomic E-state index is 0.0180. The van der Waals surface area contributed by atoms with Crippen molar-refractivity contribution >= 4 is 16.8 Å². The van der Waals surface area contributed by atoms with E-state index in [-0.39, 0.29) is 11.3 Å². The van der Waals surface area contributed by atoms with E-state index in [0.29, 0.717) is 5.92 Å². The zero-order valence-electron chi connectivity index (χ0n) is 18.9.